The highest BCUT2D eigenvalue weighted by Crippen LogP contribution is 2.24. The van der Waals surface area contributed by atoms with Crippen molar-refractivity contribution in [3.8, 4) is 0 Å². The summed E-state index contributed by atoms with van der Waals surface area (Å²) in [6.07, 6.45) is 4.69. The summed E-state index contributed by atoms with van der Waals surface area (Å²) in [5, 5.41) is 0. The Hall–Kier alpha value is -1.28. The number of rotatable bonds is 6. The first-order valence-electron chi connectivity index (χ1n) is 10.4. The van der Waals surface area contributed by atoms with Gasteiger partial charge < -0.3 is 19.1 Å². The first kappa shape index (κ1) is 19.1. The topological polar surface area (TPSA) is 60.0 Å². The maximum absolute atomic E-state index is 6.35. The van der Waals surface area contributed by atoms with E-state index in [0.29, 0.717) is 6.10 Å². The fraction of sp³-hybridized carbons (Fsp3) is 0.800. The van der Waals surface area contributed by atoms with Crippen molar-refractivity contribution in [2.75, 3.05) is 64.1 Å². The minimum Gasteiger partial charge on any atom is -0.379 e. The second-order valence-electron chi connectivity index (χ2n) is 7.68. The zero-order valence-electron chi connectivity index (χ0n) is 16.4. The summed E-state index contributed by atoms with van der Waals surface area (Å²) in [4.78, 5) is 14.3. The molecule has 7 nitrogen and oxygen atoms in total. The van der Waals surface area contributed by atoms with E-state index in [9.17, 15) is 0 Å². The van der Waals surface area contributed by atoms with E-state index >= 15 is 0 Å². The molecular weight excluding hydrogens is 344 g/mol. The van der Waals surface area contributed by atoms with Gasteiger partial charge in [-0.3, -0.25) is 4.90 Å². The van der Waals surface area contributed by atoms with Gasteiger partial charge >= 0.3 is 0 Å². The maximum Gasteiger partial charge on any atom is 0.225 e. The Morgan fingerprint density at radius 2 is 1.59 bits per heavy atom. The van der Waals surface area contributed by atoms with Gasteiger partial charge in [0.15, 0.2) is 0 Å². The van der Waals surface area contributed by atoms with Crippen LogP contribution < -0.4 is 4.90 Å². The monoisotopic (exact) mass is 376 g/mol. The van der Waals surface area contributed by atoms with Gasteiger partial charge in [0.1, 0.15) is 0 Å². The Morgan fingerprint density at radius 1 is 0.926 bits per heavy atom. The molecule has 0 saturated carbocycles. The van der Waals surface area contributed by atoms with Crippen LogP contribution in [0.5, 0.6) is 0 Å². The lowest BCUT2D eigenvalue weighted by atomic mass is 10.1. The third-order valence-corrected chi connectivity index (χ3v) is 5.67. The number of ether oxygens (including phenoxy) is 3. The lowest BCUT2D eigenvalue weighted by Crippen LogP contribution is -2.41. The third kappa shape index (κ3) is 5.16. The van der Waals surface area contributed by atoms with Crippen LogP contribution in [0.4, 0.5) is 5.95 Å². The molecule has 3 saturated heterocycles. The molecule has 3 aliphatic heterocycles. The van der Waals surface area contributed by atoms with Crippen molar-refractivity contribution >= 4 is 5.95 Å². The predicted octanol–water partition coefficient (Wildman–Crippen LogP) is 1.30. The van der Waals surface area contributed by atoms with Crippen LogP contribution in [0.3, 0.4) is 0 Å². The third-order valence-electron chi connectivity index (χ3n) is 5.67. The Morgan fingerprint density at radius 3 is 2.33 bits per heavy atom. The highest BCUT2D eigenvalue weighted by molar-refractivity contribution is 5.33. The highest BCUT2D eigenvalue weighted by atomic mass is 16.5. The van der Waals surface area contributed by atoms with E-state index in [0.717, 1.165) is 102 Å². The molecule has 0 unspecified atom stereocenters. The van der Waals surface area contributed by atoms with E-state index in [1.54, 1.807) is 0 Å². The summed E-state index contributed by atoms with van der Waals surface area (Å²) in [5.41, 5.74) is 2.23. The Labute approximate surface area is 162 Å². The van der Waals surface area contributed by atoms with Crippen LogP contribution in [-0.4, -0.2) is 86.2 Å². The molecule has 0 N–H and O–H groups in total. The molecule has 4 rings (SSSR count). The average molecular weight is 377 g/mol. The molecule has 0 radical (unpaired) electrons. The molecule has 0 amide bonds. The normalized spacial score (nSPS) is 27.2. The molecule has 2 atom stereocenters. The number of nitrogens with zero attached hydrogens (tertiary/aromatic N) is 4. The molecule has 4 heterocycles. The maximum atomic E-state index is 6.35. The summed E-state index contributed by atoms with van der Waals surface area (Å²) in [6, 6.07) is 2.16. The van der Waals surface area contributed by atoms with Crippen molar-refractivity contribution in [2.45, 2.75) is 44.8 Å². The Kier molecular flexibility index (Phi) is 6.55. The van der Waals surface area contributed by atoms with E-state index in [4.69, 9.17) is 24.2 Å². The molecule has 1 aromatic rings. The summed E-state index contributed by atoms with van der Waals surface area (Å²) in [7, 11) is 0. The van der Waals surface area contributed by atoms with Gasteiger partial charge in [-0.15, -0.1) is 0 Å². The summed E-state index contributed by atoms with van der Waals surface area (Å²) in [5.74, 6) is 0.857. The first-order valence-corrected chi connectivity index (χ1v) is 10.4. The predicted molar refractivity (Wildman–Crippen MR) is 103 cm³/mol. The smallest absolute Gasteiger partial charge is 0.225 e. The summed E-state index contributed by atoms with van der Waals surface area (Å²) < 4.78 is 17.3. The van der Waals surface area contributed by atoms with E-state index in [1.165, 1.54) is 0 Å². The highest BCUT2D eigenvalue weighted by Gasteiger charge is 2.28. The van der Waals surface area contributed by atoms with Crippen molar-refractivity contribution in [1.29, 1.82) is 0 Å². The van der Waals surface area contributed by atoms with E-state index < -0.39 is 0 Å². The second-order valence-corrected chi connectivity index (χ2v) is 7.68. The lowest BCUT2D eigenvalue weighted by molar-refractivity contribution is -0.0110. The van der Waals surface area contributed by atoms with Gasteiger partial charge in [-0.1, -0.05) is 6.92 Å². The second kappa shape index (κ2) is 9.28. The molecule has 3 aliphatic rings. The van der Waals surface area contributed by atoms with Crippen LogP contribution >= 0.6 is 0 Å². The summed E-state index contributed by atoms with van der Waals surface area (Å²) >= 11 is 0. The fourth-order valence-corrected chi connectivity index (χ4v) is 4.10. The van der Waals surface area contributed by atoms with E-state index in [1.807, 2.05) is 0 Å². The molecule has 3 fully saturated rings. The number of hydrogen-bond acceptors (Lipinski definition) is 7. The first-order chi connectivity index (χ1) is 13.3. The number of aromatic nitrogens is 2. The number of morpholine rings is 2. The van der Waals surface area contributed by atoms with Crippen LogP contribution in [0.1, 0.15) is 31.2 Å². The van der Waals surface area contributed by atoms with E-state index in [-0.39, 0.29) is 6.10 Å². The SMILES string of the molecule is CCc1cc(C[C@@H]2CC[C@H](CN3CCOCC3)O2)nc(N2CCOCC2)n1. The van der Waals surface area contributed by atoms with Gasteiger partial charge in [-0.25, -0.2) is 9.97 Å². The molecule has 27 heavy (non-hydrogen) atoms. The number of aryl methyl sites for hydroxylation is 1. The molecule has 0 aliphatic carbocycles. The molecular formula is C20H32N4O3. The van der Waals surface area contributed by atoms with Crippen molar-refractivity contribution in [3.05, 3.63) is 17.5 Å². The fourth-order valence-electron chi connectivity index (χ4n) is 4.10. The van der Waals surface area contributed by atoms with Gasteiger partial charge in [0.2, 0.25) is 5.95 Å². The molecule has 0 aromatic carbocycles. The van der Waals surface area contributed by atoms with Crippen molar-refractivity contribution in [3.63, 3.8) is 0 Å². The van der Waals surface area contributed by atoms with Gasteiger partial charge in [-0.05, 0) is 25.3 Å². The molecule has 0 spiro atoms. The zero-order valence-corrected chi connectivity index (χ0v) is 16.4. The standard InChI is InChI=1S/C20H32N4O3/c1-2-16-13-17(22-20(21-16)24-7-11-26-12-8-24)14-18-3-4-19(27-18)15-23-5-9-25-10-6-23/h13,18-19H,2-12,14-15H2,1H3/t18-,19+/m0/s1. The van der Waals surface area contributed by atoms with Crippen LogP contribution in [0.25, 0.3) is 0 Å². The summed E-state index contributed by atoms with van der Waals surface area (Å²) in [6.45, 7) is 10.2. The van der Waals surface area contributed by atoms with Crippen LogP contribution in [0.15, 0.2) is 6.07 Å². The molecule has 150 valence electrons. The molecule has 0 bridgehead atoms. The number of hydrogen-bond donors (Lipinski definition) is 0. The average Bonchev–Trinajstić information content (AvgIpc) is 3.15. The van der Waals surface area contributed by atoms with Crippen LogP contribution in [0, 0.1) is 0 Å². The van der Waals surface area contributed by atoms with Gasteiger partial charge in [-0.2, -0.15) is 0 Å². The lowest BCUT2D eigenvalue weighted by Gasteiger charge is -2.29. The quantitative estimate of drug-likeness (QED) is 0.742. The molecule has 7 heteroatoms. The zero-order chi connectivity index (χ0) is 18.5. The Balaban J connectivity index is 1.35. The minimum atomic E-state index is 0.271. The minimum absolute atomic E-state index is 0.271. The van der Waals surface area contributed by atoms with Crippen molar-refractivity contribution < 1.29 is 14.2 Å². The van der Waals surface area contributed by atoms with Crippen molar-refractivity contribution in [1.82, 2.24) is 14.9 Å². The van der Waals surface area contributed by atoms with Crippen molar-refractivity contribution in [2.24, 2.45) is 0 Å². The van der Waals surface area contributed by atoms with Gasteiger partial charge in [0, 0.05) is 50.5 Å². The Bertz CT molecular complexity index is 603. The van der Waals surface area contributed by atoms with E-state index in [2.05, 4.69) is 22.8 Å². The largest absolute Gasteiger partial charge is 0.379 e. The van der Waals surface area contributed by atoms with Crippen LogP contribution in [-0.2, 0) is 27.1 Å². The number of anilines is 1. The van der Waals surface area contributed by atoms with Gasteiger partial charge in [0.25, 0.3) is 0 Å². The van der Waals surface area contributed by atoms with Gasteiger partial charge in [0.05, 0.1) is 38.6 Å². The molecule has 1 aromatic heterocycles. The van der Waals surface area contributed by atoms with Crippen LogP contribution in [0.2, 0.25) is 0 Å².